The van der Waals surface area contributed by atoms with Gasteiger partial charge >= 0.3 is 5.97 Å². The number of rotatable bonds is 4. The van der Waals surface area contributed by atoms with E-state index in [0.29, 0.717) is 5.01 Å². The van der Waals surface area contributed by atoms with Gasteiger partial charge in [-0.3, -0.25) is 0 Å². The van der Waals surface area contributed by atoms with E-state index in [9.17, 15) is 13.2 Å². The molecule has 0 unspecified atom stereocenters. The number of hydrogen-bond donors (Lipinski definition) is 1. The molecule has 0 fully saturated rings. The summed E-state index contributed by atoms with van der Waals surface area (Å²) in [4.78, 5) is 14.7. The molecule has 0 spiro atoms. The van der Waals surface area contributed by atoms with Gasteiger partial charge in [0.05, 0.1) is 10.5 Å². The summed E-state index contributed by atoms with van der Waals surface area (Å²) in [7, 11) is -3.55. The molecule has 1 heterocycles. The number of nitrogens with zero attached hydrogens (tertiary/aromatic N) is 1. The molecular formula is C11H9NO4S2. The number of aromatic nitrogens is 1. The Labute approximate surface area is 108 Å². The molecule has 7 heteroatoms. The number of carboxylic acid groups (broad SMARTS) is 1. The van der Waals surface area contributed by atoms with E-state index in [1.807, 2.05) is 0 Å². The number of thiazole rings is 1. The zero-order chi connectivity index (χ0) is 13.2. The van der Waals surface area contributed by atoms with Crippen molar-refractivity contribution in [2.75, 3.05) is 0 Å². The number of hydrogen-bond acceptors (Lipinski definition) is 5. The first kappa shape index (κ1) is 12.7. The van der Waals surface area contributed by atoms with Crippen molar-refractivity contribution in [2.45, 2.75) is 10.6 Å². The SMILES string of the molecule is O=C(O)c1cccc(S(=O)(=O)Cc2nccs2)c1. The summed E-state index contributed by atoms with van der Waals surface area (Å²) in [5.74, 6) is -1.37. The summed E-state index contributed by atoms with van der Waals surface area (Å²) < 4.78 is 24.1. The molecule has 2 aromatic rings. The molecule has 0 aliphatic rings. The largest absolute Gasteiger partial charge is 0.478 e. The lowest BCUT2D eigenvalue weighted by atomic mass is 10.2. The predicted octanol–water partition coefficient (Wildman–Crippen LogP) is 1.82. The first-order chi connectivity index (χ1) is 8.49. The molecule has 0 bridgehead atoms. The summed E-state index contributed by atoms with van der Waals surface area (Å²) in [5, 5.41) is 11.0. The van der Waals surface area contributed by atoms with E-state index in [0.717, 1.165) is 6.07 Å². The van der Waals surface area contributed by atoms with Crippen molar-refractivity contribution >= 4 is 27.1 Å². The van der Waals surface area contributed by atoms with E-state index in [1.165, 1.54) is 35.7 Å². The Balaban J connectivity index is 2.35. The van der Waals surface area contributed by atoms with Gasteiger partial charge in [0, 0.05) is 11.6 Å². The van der Waals surface area contributed by atoms with Crippen LogP contribution >= 0.6 is 11.3 Å². The van der Waals surface area contributed by atoms with E-state index < -0.39 is 15.8 Å². The van der Waals surface area contributed by atoms with E-state index in [1.54, 1.807) is 5.38 Å². The molecule has 5 nitrogen and oxygen atoms in total. The highest BCUT2D eigenvalue weighted by Gasteiger charge is 2.18. The van der Waals surface area contributed by atoms with Crippen molar-refractivity contribution in [3.8, 4) is 0 Å². The number of carbonyl (C=O) groups is 1. The van der Waals surface area contributed by atoms with Crippen molar-refractivity contribution in [1.82, 2.24) is 4.98 Å². The summed E-state index contributed by atoms with van der Waals surface area (Å²) in [6.45, 7) is 0. The summed E-state index contributed by atoms with van der Waals surface area (Å²) in [6.07, 6.45) is 1.53. The lowest BCUT2D eigenvalue weighted by molar-refractivity contribution is 0.0696. The quantitative estimate of drug-likeness (QED) is 0.925. The molecule has 2 rings (SSSR count). The van der Waals surface area contributed by atoms with Crippen LogP contribution in [-0.2, 0) is 15.6 Å². The van der Waals surface area contributed by atoms with Gasteiger partial charge in [-0.1, -0.05) is 6.07 Å². The number of benzene rings is 1. The zero-order valence-corrected chi connectivity index (χ0v) is 10.7. The third-order valence-electron chi connectivity index (χ3n) is 2.24. The fourth-order valence-electron chi connectivity index (χ4n) is 1.39. The van der Waals surface area contributed by atoms with Crippen LogP contribution in [0.4, 0.5) is 0 Å². The molecule has 0 aliphatic carbocycles. The summed E-state index contributed by atoms with van der Waals surface area (Å²) >= 11 is 1.25. The van der Waals surface area contributed by atoms with Gasteiger partial charge in [-0.2, -0.15) is 0 Å². The smallest absolute Gasteiger partial charge is 0.335 e. The van der Waals surface area contributed by atoms with Crippen molar-refractivity contribution < 1.29 is 18.3 Å². The highest BCUT2D eigenvalue weighted by Crippen LogP contribution is 2.18. The fraction of sp³-hybridized carbons (Fsp3) is 0.0909. The number of sulfone groups is 1. The van der Waals surface area contributed by atoms with Crippen LogP contribution in [0, 0.1) is 0 Å². The lowest BCUT2D eigenvalue weighted by Gasteiger charge is -2.03. The average Bonchev–Trinajstić information content (AvgIpc) is 2.81. The molecule has 1 N–H and O–H groups in total. The molecule has 18 heavy (non-hydrogen) atoms. The fourth-order valence-corrected chi connectivity index (χ4v) is 3.69. The Morgan fingerprint density at radius 2 is 2.17 bits per heavy atom. The molecule has 0 atom stereocenters. The van der Waals surface area contributed by atoms with Crippen LogP contribution in [-0.4, -0.2) is 24.5 Å². The van der Waals surface area contributed by atoms with E-state index in [2.05, 4.69) is 4.98 Å². The van der Waals surface area contributed by atoms with Crippen molar-refractivity contribution in [2.24, 2.45) is 0 Å². The van der Waals surface area contributed by atoms with Crippen LogP contribution in [0.2, 0.25) is 0 Å². The molecule has 1 aromatic heterocycles. The van der Waals surface area contributed by atoms with Gasteiger partial charge in [0.15, 0.2) is 9.84 Å². The highest BCUT2D eigenvalue weighted by molar-refractivity contribution is 7.90. The Hall–Kier alpha value is -1.73. The second-order valence-corrected chi connectivity index (χ2v) is 6.49. The van der Waals surface area contributed by atoms with Crippen molar-refractivity contribution in [3.05, 3.63) is 46.4 Å². The maximum Gasteiger partial charge on any atom is 0.335 e. The number of carboxylic acids is 1. The Morgan fingerprint density at radius 1 is 1.39 bits per heavy atom. The molecular weight excluding hydrogens is 274 g/mol. The van der Waals surface area contributed by atoms with Gasteiger partial charge < -0.3 is 5.11 Å². The topological polar surface area (TPSA) is 84.3 Å². The van der Waals surface area contributed by atoms with Crippen LogP contribution < -0.4 is 0 Å². The molecule has 94 valence electrons. The molecule has 1 aromatic carbocycles. The third-order valence-corrected chi connectivity index (χ3v) is 4.83. The van der Waals surface area contributed by atoms with E-state index in [4.69, 9.17) is 5.11 Å². The van der Waals surface area contributed by atoms with Crippen LogP contribution in [0.15, 0.2) is 40.7 Å². The van der Waals surface area contributed by atoms with Crippen LogP contribution in [0.1, 0.15) is 15.4 Å². The monoisotopic (exact) mass is 283 g/mol. The van der Waals surface area contributed by atoms with Gasteiger partial charge in [0.1, 0.15) is 10.8 Å². The standard InChI is InChI=1S/C11H9NO4S2/c13-11(14)8-2-1-3-9(6-8)18(15,16)7-10-12-4-5-17-10/h1-6H,7H2,(H,13,14). The predicted molar refractivity (Wildman–Crippen MR) is 66.4 cm³/mol. The van der Waals surface area contributed by atoms with Crippen LogP contribution in [0.3, 0.4) is 0 Å². The normalized spacial score (nSPS) is 11.3. The van der Waals surface area contributed by atoms with Crippen LogP contribution in [0.5, 0.6) is 0 Å². The Morgan fingerprint density at radius 3 is 2.78 bits per heavy atom. The Kier molecular flexibility index (Phi) is 3.44. The molecule has 0 saturated carbocycles. The minimum Gasteiger partial charge on any atom is -0.478 e. The van der Waals surface area contributed by atoms with Gasteiger partial charge in [0.2, 0.25) is 0 Å². The van der Waals surface area contributed by atoms with Crippen molar-refractivity contribution in [1.29, 1.82) is 0 Å². The van der Waals surface area contributed by atoms with Gasteiger partial charge in [-0.05, 0) is 18.2 Å². The van der Waals surface area contributed by atoms with Crippen LogP contribution in [0.25, 0.3) is 0 Å². The first-order valence-electron chi connectivity index (χ1n) is 4.93. The minimum atomic E-state index is -3.55. The zero-order valence-electron chi connectivity index (χ0n) is 9.11. The molecule has 0 aliphatic heterocycles. The first-order valence-corrected chi connectivity index (χ1v) is 7.47. The summed E-state index contributed by atoms with van der Waals surface area (Å²) in [6, 6.07) is 5.31. The van der Waals surface area contributed by atoms with Gasteiger partial charge in [-0.15, -0.1) is 11.3 Å². The molecule has 0 radical (unpaired) electrons. The Bertz CT molecular complexity index is 662. The van der Waals surface area contributed by atoms with Gasteiger partial charge in [-0.25, -0.2) is 18.2 Å². The van der Waals surface area contributed by atoms with Gasteiger partial charge in [0.25, 0.3) is 0 Å². The summed E-state index contributed by atoms with van der Waals surface area (Å²) in [5.41, 5.74) is -0.0461. The molecule has 0 saturated heterocycles. The highest BCUT2D eigenvalue weighted by atomic mass is 32.2. The average molecular weight is 283 g/mol. The second-order valence-electron chi connectivity index (χ2n) is 3.52. The number of aromatic carboxylic acids is 1. The second kappa shape index (κ2) is 4.87. The van der Waals surface area contributed by atoms with E-state index >= 15 is 0 Å². The third kappa shape index (κ3) is 2.74. The lowest BCUT2D eigenvalue weighted by Crippen LogP contribution is -2.06. The maximum atomic E-state index is 12.0. The maximum absolute atomic E-state index is 12.0. The minimum absolute atomic E-state index is 0.00222. The van der Waals surface area contributed by atoms with Crippen molar-refractivity contribution in [3.63, 3.8) is 0 Å². The van der Waals surface area contributed by atoms with E-state index in [-0.39, 0.29) is 16.2 Å². The molecule has 0 amide bonds.